The first-order valence-electron chi connectivity index (χ1n) is 3.06. The van der Waals surface area contributed by atoms with Gasteiger partial charge in [-0.2, -0.15) is 0 Å². The number of hydrogen-bond donors (Lipinski definition) is 0. The van der Waals surface area contributed by atoms with Crippen LogP contribution in [0, 0.1) is 0 Å². The lowest BCUT2D eigenvalue weighted by molar-refractivity contribution is -0.142. The van der Waals surface area contributed by atoms with Crippen LogP contribution < -0.4 is 0 Å². The number of esters is 1. The maximum atomic E-state index is 10.3. The van der Waals surface area contributed by atoms with Crippen LogP contribution in [0.1, 0.15) is 12.7 Å². The van der Waals surface area contributed by atoms with Gasteiger partial charge in [-0.25, -0.2) is 0 Å². The van der Waals surface area contributed by atoms with Crippen LogP contribution in [0.15, 0.2) is 16.5 Å². The zero-order chi connectivity index (χ0) is 8.27. The van der Waals surface area contributed by atoms with Gasteiger partial charge in [0.05, 0.1) is 0 Å². The third-order valence-corrected chi connectivity index (χ3v) is 1.25. The first kappa shape index (κ1) is 8.14. The van der Waals surface area contributed by atoms with Gasteiger partial charge in [-0.05, 0) is 23.7 Å². The second-order valence-corrected chi connectivity index (χ2v) is 2.36. The Bertz CT molecular complexity index is 254. The van der Waals surface area contributed by atoms with E-state index in [9.17, 15) is 4.79 Å². The van der Waals surface area contributed by atoms with E-state index in [0.717, 1.165) is 0 Å². The predicted molar refractivity (Wildman–Crippen MR) is 39.2 cm³/mol. The van der Waals surface area contributed by atoms with E-state index in [1.54, 1.807) is 12.1 Å². The van der Waals surface area contributed by atoms with Crippen LogP contribution >= 0.6 is 11.6 Å². The average molecular weight is 175 g/mol. The fraction of sp³-hybridized carbons (Fsp3) is 0.286. The SMILES string of the molecule is CC(=O)OCc1ccc(Cl)o1. The molecule has 1 aromatic rings. The van der Waals surface area contributed by atoms with Crippen molar-refractivity contribution >= 4 is 17.6 Å². The summed E-state index contributed by atoms with van der Waals surface area (Å²) in [6.45, 7) is 1.48. The maximum Gasteiger partial charge on any atom is 0.303 e. The van der Waals surface area contributed by atoms with Crippen LogP contribution in [0.2, 0.25) is 5.22 Å². The zero-order valence-electron chi connectivity index (χ0n) is 5.96. The standard InChI is InChI=1S/C7H7ClO3/c1-5(9)10-4-6-2-3-7(8)11-6/h2-3H,4H2,1H3. The van der Waals surface area contributed by atoms with Gasteiger partial charge in [-0.3, -0.25) is 4.79 Å². The Kier molecular flexibility index (Phi) is 2.54. The number of rotatable bonds is 2. The zero-order valence-corrected chi connectivity index (χ0v) is 6.72. The van der Waals surface area contributed by atoms with E-state index in [4.69, 9.17) is 16.0 Å². The van der Waals surface area contributed by atoms with Crippen LogP contribution in [0.4, 0.5) is 0 Å². The van der Waals surface area contributed by atoms with E-state index in [1.165, 1.54) is 6.92 Å². The molecule has 3 nitrogen and oxygen atoms in total. The molecular formula is C7H7ClO3. The Morgan fingerprint density at radius 1 is 1.73 bits per heavy atom. The Labute approximate surface area is 68.9 Å². The van der Waals surface area contributed by atoms with Crippen molar-refractivity contribution in [1.29, 1.82) is 0 Å². The van der Waals surface area contributed by atoms with E-state index in [2.05, 4.69) is 4.74 Å². The van der Waals surface area contributed by atoms with Crippen molar-refractivity contribution in [2.75, 3.05) is 0 Å². The van der Waals surface area contributed by atoms with Crippen molar-refractivity contribution < 1.29 is 13.9 Å². The lowest BCUT2D eigenvalue weighted by atomic mass is 10.5. The highest BCUT2D eigenvalue weighted by atomic mass is 35.5. The van der Waals surface area contributed by atoms with Gasteiger partial charge < -0.3 is 9.15 Å². The number of carbonyl (C=O) groups is 1. The smallest absolute Gasteiger partial charge is 0.303 e. The molecule has 0 atom stereocenters. The van der Waals surface area contributed by atoms with Gasteiger partial charge in [-0.15, -0.1) is 0 Å². The molecule has 1 aromatic heterocycles. The number of halogens is 1. The van der Waals surface area contributed by atoms with Crippen molar-refractivity contribution in [2.45, 2.75) is 13.5 Å². The summed E-state index contributed by atoms with van der Waals surface area (Å²) < 4.78 is 9.57. The topological polar surface area (TPSA) is 39.4 Å². The third-order valence-electron chi connectivity index (χ3n) is 1.05. The fourth-order valence-corrected chi connectivity index (χ4v) is 0.764. The van der Waals surface area contributed by atoms with Crippen LogP contribution in [0.25, 0.3) is 0 Å². The van der Waals surface area contributed by atoms with E-state index in [0.29, 0.717) is 11.0 Å². The molecule has 0 spiro atoms. The summed E-state index contributed by atoms with van der Waals surface area (Å²) in [5.41, 5.74) is 0. The summed E-state index contributed by atoms with van der Waals surface area (Å²) in [5, 5.41) is 0.298. The minimum atomic E-state index is -0.336. The molecule has 11 heavy (non-hydrogen) atoms. The van der Waals surface area contributed by atoms with Crippen molar-refractivity contribution in [3.63, 3.8) is 0 Å². The highest BCUT2D eigenvalue weighted by molar-refractivity contribution is 6.28. The first-order chi connectivity index (χ1) is 5.18. The minimum Gasteiger partial charge on any atom is -0.458 e. The molecule has 60 valence electrons. The predicted octanol–water partition coefficient (Wildman–Crippen LogP) is 2.00. The van der Waals surface area contributed by atoms with Crippen LogP contribution in [-0.2, 0) is 16.1 Å². The van der Waals surface area contributed by atoms with Crippen molar-refractivity contribution in [3.8, 4) is 0 Å². The molecule has 0 bridgehead atoms. The molecule has 0 saturated carbocycles. The largest absolute Gasteiger partial charge is 0.458 e. The molecule has 0 aromatic carbocycles. The van der Waals surface area contributed by atoms with Crippen LogP contribution in [0.5, 0.6) is 0 Å². The van der Waals surface area contributed by atoms with Gasteiger partial charge in [0.2, 0.25) is 0 Å². The second kappa shape index (κ2) is 3.44. The summed E-state index contributed by atoms with van der Waals surface area (Å²) in [6, 6.07) is 3.26. The lowest BCUT2D eigenvalue weighted by Crippen LogP contribution is -1.97. The molecular weight excluding hydrogens is 168 g/mol. The van der Waals surface area contributed by atoms with Crippen molar-refractivity contribution in [2.24, 2.45) is 0 Å². The molecule has 4 heteroatoms. The minimum absolute atomic E-state index is 0.141. The van der Waals surface area contributed by atoms with Gasteiger partial charge in [-0.1, -0.05) is 0 Å². The first-order valence-corrected chi connectivity index (χ1v) is 3.44. The van der Waals surface area contributed by atoms with Gasteiger partial charge >= 0.3 is 5.97 Å². The van der Waals surface area contributed by atoms with Gasteiger partial charge in [0, 0.05) is 6.92 Å². The molecule has 0 amide bonds. The van der Waals surface area contributed by atoms with Crippen LogP contribution in [0.3, 0.4) is 0 Å². The molecule has 0 aliphatic carbocycles. The Morgan fingerprint density at radius 3 is 2.91 bits per heavy atom. The molecule has 0 fully saturated rings. The quantitative estimate of drug-likeness (QED) is 0.644. The summed E-state index contributed by atoms with van der Waals surface area (Å²) >= 11 is 5.47. The summed E-state index contributed by atoms with van der Waals surface area (Å²) in [5.74, 6) is 0.211. The lowest BCUT2D eigenvalue weighted by Gasteiger charge is -1.95. The number of carbonyl (C=O) groups excluding carboxylic acids is 1. The highest BCUT2D eigenvalue weighted by Gasteiger charge is 2.00. The molecule has 0 radical (unpaired) electrons. The third kappa shape index (κ3) is 2.63. The monoisotopic (exact) mass is 174 g/mol. The molecule has 1 heterocycles. The van der Waals surface area contributed by atoms with Crippen molar-refractivity contribution in [3.05, 3.63) is 23.1 Å². The fourth-order valence-electron chi connectivity index (χ4n) is 0.602. The second-order valence-electron chi connectivity index (χ2n) is 1.99. The van der Waals surface area contributed by atoms with Crippen LogP contribution in [-0.4, -0.2) is 5.97 Å². The molecule has 0 unspecified atom stereocenters. The summed E-state index contributed by atoms with van der Waals surface area (Å²) in [4.78, 5) is 10.3. The normalized spacial score (nSPS) is 9.64. The molecule has 0 saturated heterocycles. The molecule has 0 aliphatic rings. The highest BCUT2D eigenvalue weighted by Crippen LogP contribution is 2.13. The van der Waals surface area contributed by atoms with Crippen molar-refractivity contribution in [1.82, 2.24) is 0 Å². The Hall–Kier alpha value is -0.960. The van der Waals surface area contributed by atoms with E-state index in [1.807, 2.05) is 0 Å². The van der Waals surface area contributed by atoms with E-state index < -0.39 is 0 Å². The van der Waals surface area contributed by atoms with E-state index >= 15 is 0 Å². The van der Waals surface area contributed by atoms with Gasteiger partial charge in [0.1, 0.15) is 12.4 Å². The summed E-state index contributed by atoms with van der Waals surface area (Å²) in [7, 11) is 0. The molecule has 0 aliphatic heterocycles. The number of ether oxygens (including phenoxy) is 1. The van der Waals surface area contributed by atoms with E-state index in [-0.39, 0.29) is 12.6 Å². The Morgan fingerprint density at radius 2 is 2.45 bits per heavy atom. The average Bonchev–Trinajstić information content (AvgIpc) is 2.31. The summed E-state index contributed by atoms with van der Waals surface area (Å²) in [6.07, 6.45) is 0. The molecule has 1 rings (SSSR count). The maximum absolute atomic E-state index is 10.3. The van der Waals surface area contributed by atoms with Gasteiger partial charge in [0.15, 0.2) is 5.22 Å². The Balaban J connectivity index is 2.45. The number of hydrogen-bond acceptors (Lipinski definition) is 3. The van der Waals surface area contributed by atoms with Gasteiger partial charge in [0.25, 0.3) is 0 Å². The molecule has 0 N–H and O–H groups in total. The number of furan rings is 1.